The van der Waals surface area contributed by atoms with Gasteiger partial charge >= 0.3 is 0 Å². The molecule has 0 bridgehead atoms. The summed E-state index contributed by atoms with van der Waals surface area (Å²) >= 11 is 11.8. The van der Waals surface area contributed by atoms with Gasteiger partial charge in [-0.05, 0) is 67.2 Å². The molecule has 1 saturated heterocycles. The summed E-state index contributed by atoms with van der Waals surface area (Å²) in [7, 11) is -3.15. The molecule has 4 rings (SSSR count). The van der Waals surface area contributed by atoms with Gasteiger partial charge in [0.15, 0.2) is 0 Å². The first-order valence-corrected chi connectivity index (χ1v) is 13.8. The van der Waals surface area contributed by atoms with Crippen LogP contribution in [-0.4, -0.2) is 31.6 Å². The fourth-order valence-corrected chi connectivity index (χ4v) is 5.75. The predicted molar refractivity (Wildman–Crippen MR) is 145 cm³/mol. The van der Waals surface area contributed by atoms with Crippen LogP contribution in [0.4, 0.5) is 5.69 Å². The summed E-state index contributed by atoms with van der Waals surface area (Å²) < 4.78 is 25.8. The maximum Gasteiger partial charge on any atom is 0.218 e. The van der Waals surface area contributed by atoms with Crippen molar-refractivity contribution in [3.8, 4) is 6.07 Å². The molecule has 35 heavy (non-hydrogen) atoms. The molecule has 0 radical (unpaired) electrons. The number of allylic oxidation sites excluding steroid dienone is 5. The van der Waals surface area contributed by atoms with Crippen molar-refractivity contribution in [3.63, 3.8) is 0 Å². The molecule has 184 valence electrons. The van der Waals surface area contributed by atoms with E-state index in [0.717, 1.165) is 30.6 Å². The Hall–Kier alpha value is -2.56. The third-order valence-corrected chi connectivity index (χ3v) is 8.23. The zero-order valence-electron chi connectivity index (χ0n) is 19.7. The van der Waals surface area contributed by atoms with E-state index in [-0.39, 0.29) is 5.75 Å². The summed E-state index contributed by atoms with van der Waals surface area (Å²) in [6, 6.07) is 15.6. The molecule has 0 spiro atoms. The van der Waals surface area contributed by atoms with E-state index < -0.39 is 10.0 Å². The van der Waals surface area contributed by atoms with Crippen LogP contribution in [0.1, 0.15) is 36.0 Å². The lowest BCUT2D eigenvalue weighted by Crippen LogP contribution is -2.30. The molecule has 0 aromatic heterocycles. The summed E-state index contributed by atoms with van der Waals surface area (Å²) in [6.07, 6.45) is 9.96. The lowest BCUT2D eigenvalue weighted by atomic mass is 10.1. The van der Waals surface area contributed by atoms with Crippen LogP contribution in [0.25, 0.3) is 0 Å². The van der Waals surface area contributed by atoms with Gasteiger partial charge in [0.1, 0.15) is 6.07 Å². The van der Waals surface area contributed by atoms with E-state index in [2.05, 4.69) is 24.4 Å². The third-order valence-electron chi connectivity index (χ3n) is 5.79. The fraction of sp³-hybridized carbons (Fsp3) is 0.296. The minimum absolute atomic E-state index is 0.0848. The lowest BCUT2D eigenvalue weighted by Gasteiger charge is -2.15. The maximum atomic E-state index is 12.1. The summed E-state index contributed by atoms with van der Waals surface area (Å²) in [5.41, 5.74) is 4.74. The van der Waals surface area contributed by atoms with Gasteiger partial charge in [0.2, 0.25) is 10.0 Å². The van der Waals surface area contributed by atoms with Gasteiger partial charge in [-0.25, -0.2) is 12.7 Å². The molecule has 2 aliphatic rings. The van der Waals surface area contributed by atoms with Crippen molar-refractivity contribution in [1.82, 2.24) is 4.31 Å². The van der Waals surface area contributed by atoms with Crippen molar-refractivity contribution in [3.05, 3.63) is 99.1 Å². The van der Waals surface area contributed by atoms with Crippen LogP contribution < -0.4 is 5.32 Å². The number of sulfonamides is 1. The zero-order chi connectivity index (χ0) is 25.3. The topological polar surface area (TPSA) is 73.2 Å². The quantitative estimate of drug-likeness (QED) is 0.460. The number of aryl methyl sites for hydroxylation is 1. The Morgan fingerprint density at radius 1 is 1.06 bits per heavy atom. The van der Waals surface area contributed by atoms with Gasteiger partial charge in [-0.15, -0.1) is 0 Å². The van der Waals surface area contributed by atoms with Crippen molar-refractivity contribution < 1.29 is 8.42 Å². The molecule has 0 amide bonds. The van der Waals surface area contributed by atoms with Crippen LogP contribution >= 0.6 is 23.2 Å². The number of nitriles is 1. The van der Waals surface area contributed by atoms with E-state index >= 15 is 0 Å². The smallest absolute Gasteiger partial charge is 0.218 e. The number of hydrogen-bond acceptors (Lipinski definition) is 4. The van der Waals surface area contributed by atoms with E-state index in [1.165, 1.54) is 11.1 Å². The second-order valence-electron chi connectivity index (χ2n) is 8.39. The van der Waals surface area contributed by atoms with E-state index in [4.69, 9.17) is 28.5 Å². The van der Waals surface area contributed by atoms with Crippen LogP contribution in [-0.2, 0) is 16.6 Å². The Bertz CT molecular complexity index is 1270. The van der Waals surface area contributed by atoms with Gasteiger partial charge in [0.05, 0.1) is 16.3 Å². The third kappa shape index (κ3) is 8.26. The highest BCUT2D eigenvalue weighted by Gasteiger charge is 2.25. The van der Waals surface area contributed by atoms with Crippen LogP contribution in [0.5, 0.6) is 0 Å². The first-order valence-electron chi connectivity index (χ1n) is 11.5. The van der Waals surface area contributed by atoms with Gasteiger partial charge in [0.25, 0.3) is 0 Å². The predicted octanol–water partition coefficient (Wildman–Crippen LogP) is 6.55. The van der Waals surface area contributed by atoms with E-state index in [0.29, 0.717) is 35.1 Å². The van der Waals surface area contributed by atoms with Gasteiger partial charge in [-0.1, -0.05) is 65.7 Å². The van der Waals surface area contributed by atoms with Gasteiger partial charge < -0.3 is 5.32 Å². The average molecular weight is 531 g/mol. The number of nitrogens with zero attached hydrogens (tertiary/aromatic N) is 2. The number of rotatable bonds is 6. The van der Waals surface area contributed by atoms with Crippen LogP contribution in [0, 0.1) is 18.3 Å². The number of nitrogens with one attached hydrogen (secondary N) is 1. The SMILES string of the molecule is Cc1ccccc1CNc1ccc(C#N)c(Cl)c1.O=S(=O)(CC1=CCC=C(Cl)C=C1)N1CCCC1. The summed E-state index contributed by atoms with van der Waals surface area (Å²) in [5.74, 6) is 0.0848. The normalized spacial score (nSPS) is 15.8. The van der Waals surface area contributed by atoms with Gasteiger partial charge in [0, 0.05) is 30.4 Å². The van der Waals surface area contributed by atoms with E-state index in [1.807, 2.05) is 36.4 Å². The second kappa shape index (κ2) is 12.9. The number of hydrogen-bond donors (Lipinski definition) is 1. The van der Waals surface area contributed by atoms with E-state index in [9.17, 15) is 8.42 Å². The summed E-state index contributed by atoms with van der Waals surface area (Å²) in [6.45, 7) is 4.16. The fourth-order valence-electron chi connectivity index (χ4n) is 3.74. The maximum absolute atomic E-state index is 12.1. The molecule has 1 aliphatic heterocycles. The Morgan fingerprint density at radius 3 is 2.49 bits per heavy atom. The second-order valence-corrected chi connectivity index (χ2v) is 11.2. The minimum atomic E-state index is -3.15. The molecular formula is C27H29Cl2N3O2S. The average Bonchev–Trinajstić information content (AvgIpc) is 3.31. The van der Waals surface area contributed by atoms with Crippen molar-refractivity contribution in [2.75, 3.05) is 24.2 Å². The molecular weight excluding hydrogens is 501 g/mol. The summed E-state index contributed by atoms with van der Waals surface area (Å²) in [4.78, 5) is 0. The van der Waals surface area contributed by atoms with Crippen LogP contribution in [0.2, 0.25) is 5.02 Å². The Kier molecular flexibility index (Phi) is 10.00. The first kappa shape index (κ1) is 27.0. The summed E-state index contributed by atoms with van der Waals surface area (Å²) in [5, 5.41) is 13.2. The van der Waals surface area contributed by atoms with Gasteiger partial charge in [-0.2, -0.15) is 5.26 Å². The number of anilines is 1. The molecule has 5 nitrogen and oxygen atoms in total. The zero-order valence-corrected chi connectivity index (χ0v) is 22.0. The largest absolute Gasteiger partial charge is 0.381 e. The van der Waals surface area contributed by atoms with Crippen LogP contribution in [0.3, 0.4) is 0 Å². The highest BCUT2D eigenvalue weighted by Crippen LogP contribution is 2.21. The van der Waals surface area contributed by atoms with Crippen molar-refractivity contribution >= 4 is 38.9 Å². The molecule has 1 N–H and O–H groups in total. The first-order chi connectivity index (χ1) is 16.8. The van der Waals surface area contributed by atoms with Gasteiger partial charge in [-0.3, -0.25) is 0 Å². The van der Waals surface area contributed by atoms with Crippen molar-refractivity contribution in [1.29, 1.82) is 5.26 Å². The standard InChI is InChI=1S/C15H13ClN2.C12H16ClNO2S/c1-11-4-2-3-5-13(11)10-18-14-7-6-12(9-17)15(16)8-14;13-12-5-3-4-11(6-7-12)10-17(15,16)14-8-1-2-9-14/h2-8,18H,10H2,1H3;4-7H,1-3,8-10H2. The molecule has 1 heterocycles. The Morgan fingerprint density at radius 2 is 1.80 bits per heavy atom. The Labute approximate surface area is 218 Å². The molecule has 2 aromatic carbocycles. The molecule has 0 atom stereocenters. The molecule has 0 saturated carbocycles. The molecule has 0 unspecified atom stereocenters. The molecule has 8 heteroatoms. The minimum Gasteiger partial charge on any atom is -0.381 e. The lowest BCUT2D eigenvalue weighted by molar-refractivity contribution is 0.480. The number of benzene rings is 2. The molecule has 2 aromatic rings. The van der Waals surface area contributed by atoms with Crippen molar-refractivity contribution in [2.45, 2.75) is 32.7 Å². The number of halogens is 2. The van der Waals surface area contributed by atoms with Crippen LogP contribution in [0.15, 0.2) is 77.4 Å². The van der Waals surface area contributed by atoms with Crippen molar-refractivity contribution in [2.24, 2.45) is 0 Å². The van der Waals surface area contributed by atoms with E-state index in [1.54, 1.807) is 28.6 Å². The molecule has 1 fully saturated rings. The Balaban J connectivity index is 0.000000196. The highest BCUT2D eigenvalue weighted by atomic mass is 35.5. The molecule has 1 aliphatic carbocycles. The highest BCUT2D eigenvalue weighted by molar-refractivity contribution is 7.89. The monoisotopic (exact) mass is 529 g/mol.